The number of hydrogen-bond donors (Lipinski definition) is 1. The molecule has 0 amide bonds. The van der Waals surface area contributed by atoms with Gasteiger partial charge in [-0.3, -0.25) is 4.79 Å². The van der Waals surface area contributed by atoms with E-state index in [0.717, 1.165) is 12.8 Å². The fourth-order valence-corrected chi connectivity index (χ4v) is 3.01. The van der Waals surface area contributed by atoms with E-state index in [0.29, 0.717) is 5.70 Å². The number of carbonyl (C=O) groups is 2. The van der Waals surface area contributed by atoms with Gasteiger partial charge in [-0.2, -0.15) is 0 Å². The van der Waals surface area contributed by atoms with E-state index in [2.05, 4.69) is 0 Å². The average Bonchev–Trinajstić information content (AvgIpc) is 3.25. The van der Waals surface area contributed by atoms with E-state index in [9.17, 15) is 14.0 Å². The van der Waals surface area contributed by atoms with Crippen LogP contribution in [0.3, 0.4) is 0 Å². The van der Waals surface area contributed by atoms with Crippen LogP contribution in [0.25, 0.3) is 0 Å². The highest BCUT2D eigenvalue weighted by molar-refractivity contribution is 6.33. The van der Waals surface area contributed by atoms with Crippen LogP contribution in [0.4, 0.5) is 4.39 Å². The molecule has 0 spiro atoms. The first-order valence-corrected chi connectivity index (χ1v) is 6.82. The molecule has 1 fully saturated rings. The number of rotatable bonds is 2. The summed E-state index contributed by atoms with van der Waals surface area (Å²) in [4.78, 5) is 25.0. The van der Waals surface area contributed by atoms with Gasteiger partial charge in [0, 0.05) is 23.5 Å². The minimum atomic E-state index is -1.08. The van der Waals surface area contributed by atoms with E-state index in [1.807, 2.05) is 0 Å². The van der Waals surface area contributed by atoms with Crippen molar-refractivity contribution in [3.8, 4) is 0 Å². The van der Waals surface area contributed by atoms with Gasteiger partial charge < -0.3 is 10.0 Å². The number of carbonyl (C=O) groups excluding carboxylic acids is 1. The first-order valence-electron chi connectivity index (χ1n) is 6.44. The Morgan fingerprint density at radius 1 is 1.50 bits per heavy atom. The van der Waals surface area contributed by atoms with Gasteiger partial charge >= 0.3 is 5.97 Å². The Balaban J connectivity index is 2.14. The summed E-state index contributed by atoms with van der Waals surface area (Å²) in [7, 11) is 0. The van der Waals surface area contributed by atoms with Crippen molar-refractivity contribution in [2.75, 3.05) is 0 Å². The van der Waals surface area contributed by atoms with Gasteiger partial charge in [0.2, 0.25) is 5.78 Å². The number of carboxylic acids is 1. The Morgan fingerprint density at radius 2 is 2.15 bits per heavy atom. The molecule has 4 nitrogen and oxygen atoms in total. The van der Waals surface area contributed by atoms with Crippen LogP contribution in [0.15, 0.2) is 33.9 Å². The van der Waals surface area contributed by atoms with E-state index in [1.54, 1.807) is 4.90 Å². The van der Waals surface area contributed by atoms with Gasteiger partial charge in [-0.1, -0.05) is 11.6 Å². The third-order valence-corrected chi connectivity index (χ3v) is 4.44. The zero-order chi connectivity index (χ0) is 14.6. The number of halogens is 2. The van der Waals surface area contributed by atoms with E-state index in [4.69, 9.17) is 16.7 Å². The summed E-state index contributed by atoms with van der Waals surface area (Å²) in [5, 5.41) is 9.39. The summed E-state index contributed by atoms with van der Waals surface area (Å²) in [6, 6.07) is 0.165. The summed E-state index contributed by atoms with van der Waals surface area (Å²) < 4.78 is 13.9. The van der Waals surface area contributed by atoms with Crippen LogP contribution < -0.4 is 0 Å². The lowest BCUT2D eigenvalue weighted by Crippen LogP contribution is -2.37. The molecule has 3 rings (SSSR count). The zero-order valence-electron chi connectivity index (χ0n) is 10.8. The van der Waals surface area contributed by atoms with Crippen molar-refractivity contribution >= 4 is 23.4 Å². The molecule has 1 N–H and O–H groups in total. The van der Waals surface area contributed by atoms with E-state index in [1.165, 1.54) is 13.1 Å². The minimum absolute atomic E-state index is 0.0103. The van der Waals surface area contributed by atoms with Crippen LogP contribution in [0, 0.1) is 5.92 Å². The largest absolute Gasteiger partial charge is 0.478 e. The molecule has 1 heterocycles. The van der Waals surface area contributed by atoms with Crippen molar-refractivity contribution < 1.29 is 19.1 Å². The highest BCUT2D eigenvalue weighted by Gasteiger charge is 2.44. The molecular formula is C14H13ClFNO3. The molecule has 0 saturated heterocycles. The molecule has 1 unspecified atom stereocenters. The van der Waals surface area contributed by atoms with Crippen LogP contribution in [0.5, 0.6) is 0 Å². The second-order valence-corrected chi connectivity index (χ2v) is 5.74. The molecule has 0 aromatic rings. The second kappa shape index (κ2) is 4.45. The Kier molecular flexibility index (Phi) is 2.97. The van der Waals surface area contributed by atoms with Crippen molar-refractivity contribution in [1.82, 2.24) is 4.90 Å². The van der Waals surface area contributed by atoms with Crippen LogP contribution in [0.2, 0.25) is 0 Å². The predicted molar refractivity (Wildman–Crippen MR) is 70.4 cm³/mol. The van der Waals surface area contributed by atoms with Crippen LogP contribution >= 0.6 is 11.6 Å². The number of allylic oxidation sites excluding steroid dienone is 4. The fourth-order valence-electron chi connectivity index (χ4n) is 2.69. The summed E-state index contributed by atoms with van der Waals surface area (Å²) in [6.07, 6.45) is 3.37. The molecular weight excluding hydrogens is 285 g/mol. The van der Waals surface area contributed by atoms with Crippen LogP contribution in [0.1, 0.15) is 26.2 Å². The van der Waals surface area contributed by atoms with Crippen molar-refractivity contribution in [2.45, 2.75) is 32.2 Å². The van der Waals surface area contributed by atoms with Gasteiger partial charge in [0.15, 0.2) is 5.83 Å². The molecule has 1 atom stereocenters. The second-order valence-electron chi connectivity index (χ2n) is 5.36. The van der Waals surface area contributed by atoms with Crippen molar-refractivity contribution in [2.24, 2.45) is 5.92 Å². The van der Waals surface area contributed by atoms with Crippen molar-refractivity contribution in [1.29, 1.82) is 0 Å². The first-order chi connectivity index (χ1) is 9.41. The normalized spacial score (nSPS) is 26.8. The molecule has 106 valence electrons. The molecule has 0 aromatic carbocycles. The SMILES string of the molecule is CC1=C(F)C(=O)C2CC(C(=O)O)=CN(C3CC3)C2=C1Cl. The van der Waals surface area contributed by atoms with Gasteiger partial charge in [-0.05, 0) is 26.2 Å². The maximum absolute atomic E-state index is 13.9. The molecule has 0 aromatic heterocycles. The summed E-state index contributed by atoms with van der Waals surface area (Å²) >= 11 is 6.21. The van der Waals surface area contributed by atoms with Crippen LogP contribution in [-0.4, -0.2) is 27.8 Å². The number of Topliss-reactive ketones (excluding diaryl/α,β-unsaturated/α-hetero) is 1. The third-order valence-electron chi connectivity index (χ3n) is 3.96. The Hall–Kier alpha value is -1.62. The molecule has 2 aliphatic carbocycles. The summed E-state index contributed by atoms with van der Waals surface area (Å²) in [5.41, 5.74) is 0.819. The Morgan fingerprint density at radius 3 is 2.70 bits per heavy atom. The van der Waals surface area contributed by atoms with Gasteiger partial charge in [0.1, 0.15) is 0 Å². The number of nitrogens with zero attached hydrogens (tertiary/aromatic N) is 1. The van der Waals surface area contributed by atoms with E-state index < -0.39 is 23.5 Å². The van der Waals surface area contributed by atoms with E-state index >= 15 is 0 Å². The van der Waals surface area contributed by atoms with Crippen LogP contribution in [-0.2, 0) is 9.59 Å². The molecule has 6 heteroatoms. The van der Waals surface area contributed by atoms with Crippen molar-refractivity contribution in [3.63, 3.8) is 0 Å². The standard InChI is InChI=1S/C14H13ClFNO3/c1-6-10(15)12-9(13(18)11(6)16)4-7(14(19)20)5-17(12)8-2-3-8/h5,8-9H,2-4H2,1H3,(H,19,20). The molecule has 1 aliphatic heterocycles. The maximum atomic E-state index is 13.9. The van der Waals surface area contributed by atoms with Crippen molar-refractivity contribution in [3.05, 3.63) is 33.9 Å². The average molecular weight is 298 g/mol. The van der Waals surface area contributed by atoms with Gasteiger partial charge in [-0.15, -0.1) is 0 Å². The molecule has 0 radical (unpaired) electrons. The minimum Gasteiger partial charge on any atom is -0.478 e. The number of fused-ring (bicyclic) bond motifs is 1. The number of aliphatic carboxylic acids is 1. The van der Waals surface area contributed by atoms with Gasteiger partial charge in [0.25, 0.3) is 0 Å². The third kappa shape index (κ3) is 1.88. The summed E-state index contributed by atoms with van der Waals surface area (Å²) in [5.74, 6) is -3.42. The molecule has 1 saturated carbocycles. The Bertz CT molecular complexity index is 616. The van der Waals surface area contributed by atoms with Gasteiger partial charge in [0.05, 0.1) is 16.5 Å². The molecule has 0 bridgehead atoms. The maximum Gasteiger partial charge on any atom is 0.333 e. The predicted octanol–water partition coefficient (Wildman–Crippen LogP) is 2.72. The smallest absolute Gasteiger partial charge is 0.333 e. The van der Waals surface area contributed by atoms with E-state index in [-0.39, 0.29) is 28.6 Å². The number of hydrogen-bond acceptors (Lipinski definition) is 3. The highest BCUT2D eigenvalue weighted by Crippen LogP contribution is 2.46. The lowest BCUT2D eigenvalue weighted by molar-refractivity contribution is -0.133. The fraction of sp³-hybridized carbons (Fsp3) is 0.429. The quantitative estimate of drug-likeness (QED) is 0.851. The lowest BCUT2D eigenvalue weighted by atomic mass is 9.83. The highest BCUT2D eigenvalue weighted by atomic mass is 35.5. The summed E-state index contributed by atoms with van der Waals surface area (Å²) in [6.45, 7) is 1.47. The topological polar surface area (TPSA) is 57.6 Å². The Labute approximate surface area is 120 Å². The lowest BCUT2D eigenvalue weighted by Gasteiger charge is -2.37. The molecule has 3 aliphatic rings. The monoisotopic (exact) mass is 297 g/mol. The molecule has 20 heavy (non-hydrogen) atoms. The number of ketones is 1. The number of carboxylic acid groups (broad SMARTS) is 1. The first kappa shape index (κ1) is 13.4. The van der Waals surface area contributed by atoms with Gasteiger partial charge in [-0.25, -0.2) is 9.18 Å². The zero-order valence-corrected chi connectivity index (χ0v) is 11.6.